The number of carbonyl (C=O) groups excluding carboxylic acids is 2. The Balaban J connectivity index is 1.64. The number of amides is 2. The van der Waals surface area contributed by atoms with Crippen LogP contribution in [-0.4, -0.2) is 35.4 Å². The molecule has 1 saturated carbocycles. The number of para-hydroxylation sites is 1. The zero-order valence-electron chi connectivity index (χ0n) is 20.1. The molecule has 1 aliphatic rings. The summed E-state index contributed by atoms with van der Waals surface area (Å²) < 4.78 is 5.75. The number of hydrogen-bond acceptors (Lipinski definition) is 3. The van der Waals surface area contributed by atoms with Gasteiger partial charge in [0.2, 0.25) is 11.8 Å². The zero-order valence-corrected chi connectivity index (χ0v) is 20.1. The summed E-state index contributed by atoms with van der Waals surface area (Å²) in [5, 5.41) is 3.23. The third-order valence-electron chi connectivity index (χ3n) is 6.36. The molecule has 3 rings (SSSR count). The van der Waals surface area contributed by atoms with Crippen molar-refractivity contribution in [2.45, 2.75) is 83.8 Å². The molecule has 1 fully saturated rings. The highest BCUT2D eigenvalue weighted by molar-refractivity contribution is 5.87. The Hall–Kier alpha value is -2.82. The molecule has 0 saturated heterocycles. The van der Waals surface area contributed by atoms with Gasteiger partial charge < -0.3 is 15.0 Å². The van der Waals surface area contributed by atoms with Crippen LogP contribution in [0.5, 0.6) is 5.75 Å². The van der Waals surface area contributed by atoms with Crippen molar-refractivity contribution in [2.75, 3.05) is 6.61 Å². The van der Waals surface area contributed by atoms with Crippen LogP contribution in [0, 0.1) is 6.92 Å². The van der Waals surface area contributed by atoms with Crippen LogP contribution in [0.3, 0.4) is 0 Å². The molecule has 0 aromatic heterocycles. The second kappa shape index (κ2) is 13.0. The summed E-state index contributed by atoms with van der Waals surface area (Å²) in [5.41, 5.74) is 2.22. The Bertz CT molecular complexity index is 860. The number of carbonyl (C=O) groups is 2. The quantitative estimate of drug-likeness (QED) is 0.466. The summed E-state index contributed by atoms with van der Waals surface area (Å²) in [5.74, 6) is 0.781. The van der Waals surface area contributed by atoms with Gasteiger partial charge in [0.1, 0.15) is 11.8 Å². The summed E-state index contributed by atoms with van der Waals surface area (Å²) in [7, 11) is 0. The fraction of sp³-hybridized carbons (Fsp3) is 0.500. The van der Waals surface area contributed by atoms with Crippen molar-refractivity contribution in [3.63, 3.8) is 0 Å². The molecule has 2 aromatic rings. The predicted octanol–water partition coefficient (Wildman–Crippen LogP) is 5.41. The van der Waals surface area contributed by atoms with Crippen molar-refractivity contribution in [2.24, 2.45) is 0 Å². The molecule has 2 amide bonds. The van der Waals surface area contributed by atoms with Crippen molar-refractivity contribution in [3.05, 3.63) is 65.7 Å². The van der Waals surface area contributed by atoms with Gasteiger partial charge in [0.15, 0.2) is 0 Å². The van der Waals surface area contributed by atoms with Gasteiger partial charge in [0.05, 0.1) is 6.61 Å². The van der Waals surface area contributed by atoms with Gasteiger partial charge in [-0.15, -0.1) is 0 Å². The second-order valence-corrected chi connectivity index (χ2v) is 9.04. The first kappa shape index (κ1) is 24.8. The molecule has 1 atom stereocenters. The van der Waals surface area contributed by atoms with E-state index in [2.05, 4.69) is 17.4 Å². The lowest BCUT2D eigenvalue weighted by Crippen LogP contribution is -2.51. The summed E-state index contributed by atoms with van der Waals surface area (Å²) >= 11 is 0. The molecule has 0 radical (unpaired) electrons. The maximum Gasteiger partial charge on any atom is 0.243 e. The number of hydrogen-bond donors (Lipinski definition) is 1. The van der Waals surface area contributed by atoms with Gasteiger partial charge in [-0.3, -0.25) is 9.59 Å². The number of nitrogens with one attached hydrogen (secondary N) is 1. The summed E-state index contributed by atoms with van der Waals surface area (Å²) in [6.07, 6.45) is 7.19. The normalized spacial score (nSPS) is 15.0. The molecule has 1 unspecified atom stereocenters. The number of benzene rings is 2. The standard InChI is InChI=1S/C28H38N2O3/c1-3-26(28(32)29-24-11-6-4-7-12-24)30(21-23-18-16-22(2)17-19-23)27(31)15-10-20-33-25-13-8-5-9-14-25/h5,8-9,13-14,16-19,24,26H,3-4,6-7,10-12,15,20-21H2,1-2H3,(H,29,32). The van der Waals surface area contributed by atoms with Crippen LogP contribution >= 0.6 is 0 Å². The average Bonchev–Trinajstić information content (AvgIpc) is 2.84. The van der Waals surface area contributed by atoms with Crippen LogP contribution in [-0.2, 0) is 16.1 Å². The number of aryl methyl sites for hydroxylation is 1. The molecule has 0 heterocycles. The van der Waals surface area contributed by atoms with Crippen molar-refractivity contribution in [1.29, 1.82) is 0 Å². The minimum Gasteiger partial charge on any atom is -0.494 e. The van der Waals surface area contributed by atoms with E-state index < -0.39 is 6.04 Å². The largest absolute Gasteiger partial charge is 0.494 e. The Labute approximate surface area is 198 Å². The Morgan fingerprint density at radius 3 is 2.39 bits per heavy atom. The maximum absolute atomic E-state index is 13.3. The van der Waals surface area contributed by atoms with E-state index in [-0.39, 0.29) is 17.9 Å². The fourth-order valence-corrected chi connectivity index (χ4v) is 4.43. The van der Waals surface area contributed by atoms with Crippen molar-refractivity contribution in [1.82, 2.24) is 10.2 Å². The molecule has 1 aliphatic carbocycles. The van der Waals surface area contributed by atoms with Gasteiger partial charge in [0, 0.05) is 19.0 Å². The van der Waals surface area contributed by atoms with Crippen molar-refractivity contribution in [3.8, 4) is 5.75 Å². The first-order valence-corrected chi connectivity index (χ1v) is 12.4. The topological polar surface area (TPSA) is 58.6 Å². The predicted molar refractivity (Wildman–Crippen MR) is 132 cm³/mol. The highest BCUT2D eigenvalue weighted by Crippen LogP contribution is 2.20. The lowest BCUT2D eigenvalue weighted by Gasteiger charge is -2.33. The third-order valence-corrected chi connectivity index (χ3v) is 6.36. The smallest absolute Gasteiger partial charge is 0.243 e. The van der Waals surface area contributed by atoms with Crippen LogP contribution < -0.4 is 10.1 Å². The second-order valence-electron chi connectivity index (χ2n) is 9.04. The van der Waals surface area contributed by atoms with Crippen LogP contribution in [0.25, 0.3) is 0 Å². The van der Waals surface area contributed by atoms with Gasteiger partial charge in [-0.05, 0) is 50.3 Å². The first-order valence-electron chi connectivity index (χ1n) is 12.4. The van der Waals surface area contributed by atoms with Gasteiger partial charge in [-0.25, -0.2) is 0 Å². The lowest BCUT2D eigenvalue weighted by molar-refractivity contribution is -0.142. The minimum absolute atomic E-state index is 0.00196. The molecule has 0 spiro atoms. The molecule has 0 aliphatic heterocycles. The van der Waals surface area contributed by atoms with E-state index in [9.17, 15) is 9.59 Å². The molecule has 0 bridgehead atoms. The highest BCUT2D eigenvalue weighted by atomic mass is 16.5. The average molecular weight is 451 g/mol. The van der Waals surface area contributed by atoms with Crippen LogP contribution in [0.4, 0.5) is 0 Å². The van der Waals surface area contributed by atoms with E-state index in [1.807, 2.05) is 56.3 Å². The summed E-state index contributed by atoms with van der Waals surface area (Å²) in [4.78, 5) is 28.3. The number of rotatable bonds is 11. The minimum atomic E-state index is -0.462. The molecule has 1 N–H and O–H groups in total. The Morgan fingerprint density at radius 2 is 1.73 bits per heavy atom. The number of nitrogens with zero attached hydrogens (tertiary/aromatic N) is 1. The number of ether oxygens (including phenoxy) is 1. The molecular formula is C28H38N2O3. The summed E-state index contributed by atoms with van der Waals surface area (Å²) in [6, 6.07) is 17.6. The SMILES string of the molecule is CCC(C(=O)NC1CCCCC1)N(Cc1ccc(C)cc1)C(=O)CCCOc1ccccc1. The van der Waals surface area contributed by atoms with Crippen LogP contribution in [0.1, 0.15) is 69.4 Å². The van der Waals surface area contributed by atoms with Crippen LogP contribution in [0.2, 0.25) is 0 Å². The van der Waals surface area contributed by atoms with Gasteiger partial charge in [-0.2, -0.15) is 0 Å². The van der Waals surface area contributed by atoms with Gasteiger partial charge in [0.25, 0.3) is 0 Å². The van der Waals surface area contributed by atoms with Gasteiger partial charge in [-0.1, -0.05) is 74.2 Å². The third kappa shape index (κ3) is 7.92. The van der Waals surface area contributed by atoms with Crippen molar-refractivity contribution >= 4 is 11.8 Å². The van der Waals surface area contributed by atoms with E-state index in [4.69, 9.17) is 4.74 Å². The van der Waals surface area contributed by atoms with E-state index in [0.717, 1.165) is 37.0 Å². The lowest BCUT2D eigenvalue weighted by atomic mass is 9.95. The van der Waals surface area contributed by atoms with E-state index in [0.29, 0.717) is 32.4 Å². The first-order chi connectivity index (χ1) is 16.1. The van der Waals surface area contributed by atoms with E-state index in [1.54, 1.807) is 4.90 Å². The molecule has 33 heavy (non-hydrogen) atoms. The van der Waals surface area contributed by atoms with Crippen molar-refractivity contribution < 1.29 is 14.3 Å². The zero-order chi connectivity index (χ0) is 23.5. The van der Waals surface area contributed by atoms with Crippen LogP contribution in [0.15, 0.2) is 54.6 Å². The van der Waals surface area contributed by atoms with E-state index in [1.165, 1.54) is 12.0 Å². The molecule has 2 aromatic carbocycles. The Morgan fingerprint density at radius 1 is 1.03 bits per heavy atom. The Kier molecular flexibility index (Phi) is 9.79. The monoisotopic (exact) mass is 450 g/mol. The summed E-state index contributed by atoms with van der Waals surface area (Å²) in [6.45, 7) is 4.94. The van der Waals surface area contributed by atoms with Gasteiger partial charge >= 0.3 is 0 Å². The molecule has 5 heteroatoms. The fourth-order valence-electron chi connectivity index (χ4n) is 4.43. The molecular weight excluding hydrogens is 412 g/mol. The highest BCUT2D eigenvalue weighted by Gasteiger charge is 2.30. The maximum atomic E-state index is 13.3. The molecule has 5 nitrogen and oxygen atoms in total. The van der Waals surface area contributed by atoms with E-state index >= 15 is 0 Å². The molecule has 178 valence electrons.